The van der Waals surface area contributed by atoms with E-state index in [9.17, 15) is 0 Å². The maximum Gasteiger partial charge on any atom is 0.0135 e. The Morgan fingerprint density at radius 1 is 1.44 bits per heavy atom. The van der Waals surface area contributed by atoms with Gasteiger partial charge in [-0.3, -0.25) is 0 Å². The zero-order valence-electron chi connectivity index (χ0n) is 5.93. The van der Waals surface area contributed by atoms with Crippen LogP contribution in [-0.4, -0.2) is 23.0 Å². The molecular formula is C7H14S2. The molecule has 0 aliphatic carbocycles. The minimum Gasteiger partial charge on any atom is -0.161 e. The molecule has 1 atom stereocenters. The molecule has 1 rings (SSSR count). The minimum atomic E-state index is 0.956. The largest absolute Gasteiger partial charge is 0.161 e. The Morgan fingerprint density at radius 2 is 2.33 bits per heavy atom. The van der Waals surface area contributed by atoms with E-state index >= 15 is 0 Å². The molecule has 0 radical (unpaired) electrons. The van der Waals surface area contributed by atoms with Crippen LogP contribution in [0.2, 0.25) is 0 Å². The van der Waals surface area contributed by atoms with Gasteiger partial charge < -0.3 is 0 Å². The van der Waals surface area contributed by atoms with Crippen molar-refractivity contribution in [1.82, 2.24) is 0 Å². The lowest BCUT2D eigenvalue weighted by Gasteiger charge is -2.07. The number of thioether (sulfide) groups is 2. The monoisotopic (exact) mass is 162 g/mol. The van der Waals surface area contributed by atoms with Crippen molar-refractivity contribution in [2.24, 2.45) is 0 Å². The van der Waals surface area contributed by atoms with Crippen LogP contribution < -0.4 is 0 Å². The van der Waals surface area contributed by atoms with Gasteiger partial charge in [-0.15, -0.1) is 0 Å². The molecule has 2 heteroatoms. The fraction of sp³-hybridized carbons (Fsp3) is 1.00. The molecule has 0 bridgehead atoms. The SMILES string of the molecule is CSC1CCCCSC1. The summed E-state index contributed by atoms with van der Waals surface area (Å²) in [5.74, 6) is 2.79. The smallest absolute Gasteiger partial charge is 0.0135 e. The van der Waals surface area contributed by atoms with E-state index in [0.29, 0.717) is 0 Å². The first-order valence-corrected chi connectivity index (χ1v) is 5.98. The van der Waals surface area contributed by atoms with Gasteiger partial charge in [0.2, 0.25) is 0 Å². The quantitative estimate of drug-likeness (QED) is 0.581. The van der Waals surface area contributed by atoms with Crippen LogP contribution in [-0.2, 0) is 0 Å². The Balaban J connectivity index is 2.18. The molecule has 0 N–H and O–H groups in total. The average molecular weight is 162 g/mol. The molecule has 9 heavy (non-hydrogen) atoms. The van der Waals surface area contributed by atoms with Crippen LogP contribution >= 0.6 is 23.5 Å². The van der Waals surface area contributed by atoms with Crippen LogP contribution in [0, 0.1) is 0 Å². The van der Waals surface area contributed by atoms with E-state index in [2.05, 4.69) is 18.0 Å². The van der Waals surface area contributed by atoms with Crippen molar-refractivity contribution in [3.63, 3.8) is 0 Å². The van der Waals surface area contributed by atoms with Crippen molar-refractivity contribution >= 4 is 23.5 Å². The molecule has 0 aromatic heterocycles. The maximum absolute atomic E-state index is 2.23. The fourth-order valence-electron chi connectivity index (χ4n) is 1.06. The van der Waals surface area contributed by atoms with E-state index in [4.69, 9.17) is 0 Å². The molecule has 0 aromatic rings. The minimum absolute atomic E-state index is 0.956. The van der Waals surface area contributed by atoms with Crippen LogP contribution in [0.1, 0.15) is 19.3 Å². The normalized spacial score (nSPS) is 29.7. The van der Waals surface area contributed by atoms with Gasteiger partial charge in [0, 0.05) is 11.0 Å². The summed E-state index contributed by atoms with van der Waals surface area (Å²) in [6.07, 6.45) is 6.59. The summed E-state index contributed by atoms with van der Waals surface area (Å²) in [6, 6.07) is 0. The molecule has 1 heterocycles. The Labute approximate surface area is 66.2 Å². The van der Waals surface area contributed by atoms with Crippen LogP contribution in [0.25, 0.3) is 0 Å². The van der Waals surface area contributed by atoms with E-state index in [0.717, 1.165) is 5.25 Å². The van der Waals surface area contributed by atoms with Crippen LogP contribution in [0.3, 0.4) is 0 Å². The molecule has 1 saturated heterocycles. The summed E-state index contributed by atoms with van der Waals surface area (Å²) in [4.78, 5) is 0. The van der Waals surface area contributed by atoms with E-state index in [1.165, 1.54) is 30.8 Å². The molecule has 0 nitrogen and oxygen atoms in total. The Bertz CT molecular complexity index is 65.3. The lowest BCUT2D eigenvalue weighted by Crippen LogP contribution is -2.02. The van der Waals surface area contributed by atoms with Crippen LogP contribution in [0.15, 0.2) is 0 Å². The zero-order chi connectivity index (χ0) is 6.53. The highest BCUT2D eigenvalue weighted by Gasteiger charge is 2.09. The molecule has 0 amide bonds. The maximum atomic E-state index is 2.23. The highest BCUT2D eigenvalue weighted by atomic mass is 32.2. The molecule has 1 unspecified atom stereocenters. The van der Waals surface area contributed by atoms with Crippen molar-refractivity contribution in [2.75, 3.05) is 17.8 Å². The second-order valence-corrected chi connectivity index (χ2v) is 4.72. The fourth-order valence-corrected chi connectivity index (χ4v) is 3.30. The van der Waals surface area contributed by atoms with Gasteiger partial charge in [0.1, 0.15) is 0 Å². The van der Waals surface area contributed by atoms with Gasteiger partial charge in [0.15, 0.2) is 0 Å². The summed E-state index contributed by atoms with van der Waals surface area (Å²) in [6.45, 7) is 0. The molecular weight excluding hydrogens is 148 g/mol. The van der Waals surface area contributed by atoms with Gasteiger partial charge in [-0.25, -0.2) is 0 Å². The van der Waals surface area contributed by atoms with E-state index in [-0.39, 0.29) is 0 Å². The molecule has 0 saturated carbocycles. The van der Waals surface area contributed by atoms with Crippen molar-refractivity contribution in [1.29, 1.82) is 0 Å². The summed E-state index contributed by atoms with van der Waals surface area (Å²) in [7, 11) is 0. The van der Waals surface area contributed by atoms with Crippen LogP contribution in [0.5, 0.6) is 0 Å². The molecule has 1 aliphatic rings. The number of hydrogen-bond acceptors (Lipinski definition) is 2. The lowest BCUT2D eigenvalue weighted by atomic mass is 10.2. The van der Waals surface area contributed by atoms with Gasteiger partial charge in [-0.05, 0) is 24.9 Å². The third kappa shape index (κ3) is 2.85. The first kappa shape index (κ1) is 7.80. The Kier molecular flexibility index (Phi) is 3.91. The average Bonchev–Trinajstić information content (AvgIpc) is 2.13. The lowest BCUT2D eigenvalue weighted by molar-refractivity contribution is 0.737. The van der Waals surface area contributed by atoms with Gasteiger partial charge in [0.05, 0.1) is 0 Å². The number of rotatable bonds is 1. The summed E-state index contributed by atoms with van der Waals surface area (Å²) in [5, 5.41) is 0.956. The second-order valence-electron chi connectivity index (χ2n) is 2.43. The third-order valence-corrected chi connectivity index (χ3v) is 4.20. The van der Waals surface area contributed by atoms with E-state index in [1.807, 2.05) is 11.8 Å². The first-order valence-electron chi connectivity index (χ1n) is 3.54. The molecule has 0 aromatic carbocycles. The third-order valence-electron chi connectivity index (χ3n) is 1.70. The van der Waals surface area contributed by atoms with Crippen molar-refractivity contribution in [3.05, 3.63) is 0 Å². The predicted octanol–water partition coefficient (Wildman–Crippen LogP) is 2.64. The topological polar surface area (TPSA) is 0 Å². The highest BCUT2D eigenvalue weighted by Crippen LogP contribution is 2.24. The second kappa shape index (κ2) is 4.51. The summed E-state index contributed by atoms with van der Waals surface area (Å²) in [5.41, 5.74) is 0. The van der Waals surface area contributed by atoms with E-state index in [1.54, 1.807) is 0 Å². The van der Waals surface area contributed by atoms with Gasteiger partial charge >= 0.3 is 0 Å². The Morgan fingerprint density at radius 3 is 3.11 bits per heavy atom. The van der Waals surface area contributed by atoms with Crippen molar-refractivity contribution in [3.8, 4) is 0 Å². The standard InChI is InChI=1S/C7H14S2/c1-8-7-4-2-3-5-9-6-7/h7H,2-6H2,1H3. The van der Waals surface area contributed by atoms with Gasteiger partial charge in [-0.1, -0.05) is 6.42 Å². The van der Waals surface area contributed by atoms with E-state index < -0.39 is 0 Å². The van der Waals surface area contributed by atoms with Gasteiger partial charge in [0.25, 0.3) is 0 Å². The van der Waals surface area contributed by atoms with Crippen molar-refractivity contribution < 1.29 is 0 Å². The zero-order valence-corrected chi connectivity index (χ0v) is 7.56. The van der Waals surface area contributed by atoms with Gasteiger partial charge in [-0.2, -0.15) is 23.5 Å². The highest BCUT2D eigenvalue weighted by molar-refractivity contribution is 8.03. The molecule has 1 aliphatic heterocycles. The predicted molar refractivity (Wildman–Crippen MR) is 48.5 cm³/mol. The number of hydrogen-bond donors (Lipinski definition) is 0. The first-order chi connectivity index (χ1) is 4.43. The molecule has 1 fully saturated rings. The molecule has 54 valence electrons. The van der Waals surface area contributed by atoms with Crippen LogP contribution in [0.4, 0.5) is 0 Å². The van der Waals surface area contributed by atoms with Crippen molar-refractivity contribution in [2.45, 2.75) is 24.5 Å². The Hall–Kier alpha value is 0.700. The summed E-state index contributed by atoms with van der Waals surface area (Å²) < 4.78 is 0. The molecule has 0 spiro atoms. The summed E-state index contributed by atoms with van der Waals surface area (Å²) >= 11 is 4.17.